The van der Waals surface area contributed by atoms with Gasteiger partial charge in [0.2, 0.25) is 0 Å². The van der Waals surface area contributed by atoms with Crippen molar-refractivity contribution in [2.24, 2.45) is 5.41 Å². The molecule has 1 aromatic rings. The van der Waals surface area contributed by atoms with E-state index >= 15 is 0 Å². The van der Waals surface area contributed by atoms with Gasteiger partial charge in [-0.05, 0) is 45.4 Å². The van der Waals surface area contributed by atoms with E-state index in [1.54, 1.807) is 0 Å². The second-order valence-corrected chi connectivity index (χ2v) is 6.58. The van der Waals surface area contributed by atoms with Gasteiger partial charge in [0, 0.05) is 17.6 Å². The Morgan fingerprint density at radius 2 is 2.11 bits per heavy atom. The molecule has 2 unspecified atom stereocenters. The molecule has 1 heterocycles. The topological polar surface area (TPSA) is 38.1 Å². The molecule has 1 aliphatic rings. The summed E-state index contributed by atoms with van der Waals surface area (Å²) in [4.78, 5) is 0. The van der Waals surface area contributed by atoms with Crippen LogP contribution in [-0.4, -0.2) is 11.2 Å². The van der Waals surface area contributed by atoms with Crippen molar-refractivity contribution in [3.05, 3.63) is 17.0 Å². The molecule has 0 saturated heterocycles. The summed E-state index contributed by atoms with van der Waals surface area (Å²) in [6, 6.07) is 0.951. The fraction of sp³-hybridized carbons (Fsp3) is 0.800. The number of aromatic nitrogens is 1. The molecule has 1 saturated carbocycles. The van der Waals surface area contributed by atoms with E-state index in [0.717, 1.165) is 11.5 Å². The predicted molar refractivity (Wildman–Crippen MR) is 73.6 cm³/mol. The summed E-state index contributed by atoms with van der Waals surface area (Å²) < 4.78 is 5.26. The third kappa shape index (κ3) is 2.94. The molecule has 0 bridgehead atoms. The van der Waals surface area contributed by atoms with Crippen molar-refractivity contribution < 1.29 is 4.52 Å². The van der Waals surface area contributed by atoms with E-state index in [2.05, 4.69) is 31.2 Å². The highest BCUT2D eigenvalue weighted by Crippen LogP contribution is 2.36. The molecule has 3 nitrogen and oxygen atoms in total. The Balaban J connectivity index is 2.01. The molecule has 0 spiro atoms. The fourth-order valence-electron chi connectivity index (χ4n) is 3.39. The molecule has 2 atom stereocenters. The lowest BCUT2D eigenvalue weighted by Gasteiger charge is -2.37. The molecule has 1 N–H and O–H groups in total. The van der Waals surface area contributed by atoms with E-state index in [1.165, 1.54) is 31.2 Å². The van der Waals surface area contributed by atoms with Crippen LogP contribution in [0.4, 0.5) is 0 Å². The van der Waals surface area contributed by atoms with Gasteiger partial charge in [-0.1, -0.05) is 25.4 Å². The maximum Gasteiger partial charge on any atom is 0.138 e. The van der Waals surface area contributed by atoms with E-state index in [9.17, 15) is 0 Å². The number of nitrogens with one attached hydrogen (secondary N) is 1. The zero-order valence-electron chi connectivity index (χ0n) is 12.3. The Hall–Kier alpha value is -0.830. The van der Waals surface area contributed by atoms with E-state index in [1.807, 2.05) is 13.8 Å². The van der Waals surface area contributed by atoms with Gasteiger partial charge < -0.3 is 9.84 Å². The molecule has 3 heteroatoms. The van der Waals surface area contributed by atoms with Gasteiger partial charge in [-0.3, -0.25) is 0 Å². The van der Waals surface area contributed by atoms with Gasteiger partial charge in [0.05, 0.1) is 5.69 Å². The van der Waals surface area contributed by atoms with Crippen molar-refractivity contribution in [3.63, 3.8) is 0 Å². The number of nitrogens with zero attached hydrogens (tertiary/aromatic N) is 1. The standard InChI is InChI=1S/C15H26N2O/c1-10(14-11(2)17-18-12(14)3)16-13-7-6-8-15(4,5)9-13/h10,13,16H,6-9H2,1-5H3. The number of rotatable bonds is 3. The van der Waals surface area contributed by atoms with Crippen LogP contribution in [0.1, 0.15) is 69.5 Å². The van der Waals surface area contributed by atoms with Crippen LogP contribution < -0.4 is 5.32 Å². The van der Waals surface area contributed by atoms with Crippen LogP contribution >= 0.6 is 0 Å². The molecule has 0 amide bonds. The molecule has 0 radical (unpaired) electrons. The predicted octanol–water partition coefficient (Wildman–Crippen LogP) is 3.91. The van der Waals surface area contributed by atoms with Gasteiger partial charge in [-0.25, -0.2) is 0 Å². The monoisotopic (exact) mass is 250 g/mol. The summed E-state index contributed by atoms with van der Waals surface area (Å²) in [5.41, 5.74) is 2.73. The molecule has 1 aromatic heterocycles. The summed E-state index contributed by atoms with van der Waals surface area (Å²) in [6.45, 7) is 11.0. The Labute approximate surface area is 110 Å². The average Bonchev–Trinajstić information content (AvgIpc) is 2.57. The van der Waals surface area contributed by atoms with E-state index in [4.69, 9.17) is 4.52 Å². The smallest absolute Gasteiger partial charge is 0.138 e. The Morgan fingerprint density at radius 3 is 2.67 bits per heavy atom. The number of aryl methyl sites for hydroxylation is 2. The molecule has 2 rings (SSSR count). The Bertz CT molecular complexity index is 389. The highest BCUT2D eigenvalue weighted by atomic mass is 16.5. The third-order valence-electron chi connectivity index (χ3n) is 4.21. The van der Waals surface area contributed by atoms with Gasteiger partial charge in [0.1, 0.15) is 5.76 Å². The lowest BCUT2D eigenvalue weighted by Crippen LogP contribution is -2.38. The second kappa shape index (κ2) is 5.04. The minimum Gasteiger partial charge on any atom is -0.361 e. The second-order valence-electron chi connectivity index (χ2n) is 6.58. The number of hydrogen-bond donors (Lipinski definition) is 1. The summed E-state index contributed by atoms with van der Waals surface area (Å²) >= 11 is 0. The minimum absolute atomic E-state index is 0.329. The normalized spacial score (nSPS) is 25.1. The van der Waals surface area contributed by atoms with Gasteiger partial charge >= 0.3 is 0 Å². The van der Waals surface area contributed by atoms with E-state index in [0.29, 0.717) is 17.5 Å². The lowest BCUT2D eigenvalue weighted by atomic mass is 9.75. The largest absolute Gasteiger partial charge is 0.361 e. The van der Waals surface area contributed by atoms with Crippen LogP contribution in [0.2, 0.25) is 0 Å². The van der Waals surface area contributed by atoms with Gasteiger partial charge in [-0.15, -0.1) is 0 Å². The van der Waals surface area contributed by atoms with Gasteiger partial charge in [0.25, 0.3) is 0 Å². The van der Waals surface area contributed by atoms with Crippen molar-refractivity contribution >= 4 is 0 Å². The van der Waals surface area contributed by atoms with E-state index in [-0.39, 0.29) is 0 Å². The average molecular weight is 250 g/mol. The van der Waals surface area contributed by atoms with Gasteiger partial charge in [-0.2, -0.15) is 0 Å². The summed E-state index contributed by atoms with van der Waals surface area (Å²) in [5, 5.41) is 7.80. The summed E-state index contributed by atoms with van der Waals surface area (Å²) in [6.07, 6.45) is 5.24. The van der Waals surface area contributed by atoms with Crippen LogP contribution in [0.3, 0.4) is 0 Å². The molecule has 0 aromatic carbocycles. The van der Waals surface area contributed by atoms with Crippen molar-refractivity contribution in [1.82, 2.24) is 10.5 Å². The SMILES string of the molecule is Cc1noc(C)c1C(C)NC1CCCC(C)(C)C1. The first-order chi connectivity index (χ1) is 8.39. The van der Waals surface area contributed by atoms with Crippen molar-refractivity contribution in [1.29, 1.82) is 0 Å². The third-order valence-corrected chi connectivity index (χ3v) is 4.21. The van der Waals surface area contributed by atoms with E-state index < -0.39 is 0 Å². The fourth-order valence-corrected chi connectivity index (χ4v) is 3.39. The van der Waals surface area contributed by atoms with Crippen molar-refractivity contribution in [3.8, 4) is 0 Å². The van der Waals surface area contributed by atoms with Crippen LogP contribution in [-0.2, 0) is 0 Å². The minimum atomic E-state index is 0.329. The Kier molecular flexibility index (Phi) is 3.81. The highest BCUT2D eigenvalue weighted by molar-refractivity contribution is 5.24. The molecule has 0 aliphatic heterocycles. The van der Waals surface area contributed by atoms with Crippen LogP contribution in [0, 0.1) is 19.3 Å². The zero-order chi connectivity index (χ0) is 13.3. The quantitative estimate of drug-likeness (QED) is 0.883. The highest BCUT2D eigenvalue weighted by Gasteiger charge is 2.29. The molecule has 1 fully saturated rings. The van der Waals surface area contributed by atoms with Crippen molar-refractivity contribution in [2.45, 2.75) is 72.4 Å². The molecule has 102 valence electrons. The lowest BCUT2D eigenvalue weighted by molar-refractivity contribution is 0.190. The first-order valence-electron chi connectivity index (χ1n) is 7.08. The molecule has 1 aliphatic carbocycles. The summed E-state index contributed by atoms with van der Waals surface area (Å²) in [7, 11) is 0. The Morgan fingerprint density at radius 1 is 1.39 bits per heavy atom. The van der Waals surface area contributed by atoms with Gasteiger partial charge in [0.15, 0.2) is 0 Å². The maximum absolute atomic E-state index is 5.26. The van der Waals surface area contributed by atoms with Crippen LogP contribution in [0.15, 0.2) is 4.52 Å². The van der Waals surface area contributed by atoms with Crippen molar-refractivity contribution in [2.75, 3.05) is 0 Å². The number of hydrogen-bond acceptors (Lipinski definition) is 3. The maximum atomic E-state index is 5.26. The first-order valence-corrected chi connectivity index (χ1v) is 7.08. The zero-order valence-corrected chi connectivity index (χ0v) is 12.3. The molecule has 18 heavy (non-hydrogen) atoms. The van der Waals surface area contributed by atoms with Crippen LogP contribution in [0.25, 0.3) is 0 Å². The molecular weight excluding hydrogens is 224 g/mol. The van der Waals surface area contributed by atoms with Crippen LogP contribution in [0.5, 0.6) is 0 Å². The summed E-state index contributed by atoms with van der Waals surface area (Å²) in [5.74, 6) is 0.947. The first kappa shape index (κ1) is 13.6. The molecular formula is C15H26N2O.